The number of rotatable bonds is 21. The van der Waals surface area contributed by atoms with E-state index in [0.717, 1.165) is 19.3 Å². The number of hydrogen-bond donors (Lipinski definition) is 4. The van der Waals surface area contributed by atoms with E-state index in [9.17, 15) is 10.2 Å². The number of nitrogens with one attached hydrogen (secondary N) is 2. The maximum absolute atomic E-state index is 10.5. The lowest BCUT2D eigenvalue weighted by atomic mass is 9.94. The van der Waals surface area contributed by atoms with Crippen molar-refractivity contribution in [2.24, 2.45) is 0 Å². The molecule has 182 valence electrons. The topological polar surface area (TPSA) is 64.5 Å². The van der Waals surface area contributed by atoms with Crippen LogP contribution in [0.3, 0.4) is 0 Å². The molecule has 0 saturated heterocycles. The minimum absolute atomic E-state index is 0.0928. The fourth-order valence-electron chi connectivity index (χ4n) is 4.15. The highest BCUT2D eigenvalue weighted by molar-refractivity contribution is 4.85. The van der Waals surface area contributed by atoms with Gasteiger partial charge in [0.15, 0.2) is 0 Å². The summed E-state index contributed by atoms with van der Waals surface area (Å²) in [6.07, 6.45) is 20.0. The second-order valence-corrected chi connectivity index (χ2v) is 10.8. The monoisotopic (exact) mass is 428 g/mol. The van der Waals surface area contributed by atoms with E-state index in [4.69, 9.17) is 0 Å². The second kappa shape index (κ2) is 16.5. The van der Waals surface area contributed by atoms with E-state index in [1.165, 1.54) is 83.5 Å². The van der Waals surface area contributed by atoms with Crippen molar-refractivity contribution in [1.29, 1.82) is 0 Å². The molecule has 4 heteroatoms. The van der Waals surface area contributed by atoms with E-state index in [0.29, 0.717) is 0 Å². The average molecular weight is 429 g/mol. The van der Waals surface area contributed by atoms with Gasteiger partial charge in [-0.3, -0.25) is 5.32 Å². The second-order valence-electron chi connectivity index (χ2n) is 10.8. The van der Waals surface area contributed by atoms with Crippen LogP contribution in [0.4, 0.5) is 0 Å². The van der Waals surface area contributed by atoms with Gasteiger partial charge in [0.1, 0.15) is 0 Å². The molecule has 0 saturated carbocycles. The smallest absolute Gasteiger partial charge is 0.235 e. The Morgan fingerprint density at radius 3 is 1.33 bits per heavy atom. The summed E-state index contributed by atoms with van der Waals surface area (Å²) in [4.78, 5) is 0. The van der Waals surface area contributed by atoms with Gasteiger partial charge >= 0.3 is 0 Å². The van der Waals surface area contributed by atoms with Crippen LogP contribution < -0.4 is 10.6 Å². The summed E-state index contributed by atoms with van der Waals surface area (Å²) >= 11 is 0. The van der Waals surface area contributed by atoms with Gasteiger partial charge in [0, 0.05) is 11.1 Å². The summed E-state index contributed by atoms with van der Waals surface area (Å²) in [5.74, 6) is -1.89. The van der Waals surface area contributed by atoms with Gasteiger partial charge in [0.25, 0.3) is 0 Å². The van der Waals surface area contributed by atoms with Crippen LogP contribution in [0.15, 0.2) is 0 Å². The van der Waals surface area contributed by atoms with Gasteiger partial charge in [0.05, 0.1) is 6.54 Å². The summed E-state index contributed by atoms with van der Waals surface area (Å²) in [5, 5.41) is 27.4. The first kappa shape index (κ1) is 29.8. The molecule has 30 heavy (non-hydrogen) atoms. The maximum Gasteiger partial charge on any atom is 0.235 e. The van der Waals surface area contributed by atoms with E-state index in [1.807, 2.05) is 0 Å². The number of unbranched alkanes of at least 4 members (excludes halogenated alkanes) is 12. The molecule has 0 aromatic heterocycles. The molecule has 0 rings (SSSR count). The first-order valence-corrected chi connectivity index (χ1v) is 13.0. The summed E-state index contributed by atoms with van der Waals surface area (Å²) in [6.45, 7) is 13.1. The standard InChI is InChI=1S/C26H56N2O2/c1-7-9-11-13-15-17-19-21-24(3,4)27-23-26(29,30)28-25(5,6)22-20-18-16-14-12-10-8-2/h27-30H,7-23H2,1-6H3. The van der Waals surface area contributed by atoms with Crippen LogP contribution in [0.1, 0.15) is 144 Å². The van der Waals surface area contributed by atoms with E-state index in [1.54, 1.807) is 0 Å². The van der Waals surface area contributed by atoms with Crippen molar-refractivity contribution < 1.29 is 10.2 Å². The van der Waals surface area contributed by atoms with Crippen LogP contribution >= 0.6 is 0 Å². The highest BCUT2D eigenvalue weighted by Crippen LogP contribution is 2.19. The van der Waals surface area contributed by atoms with Gasteiger partial charge in [-0.15, -0.1) is 0 Å². The third kappa shape index (κ3) is 18.6. The van der Waals surface area contributed by atoms with Crippen LogP contribution in [-0.2, 0) is 0 Å². The molecule has 0 spiro atoms. The molecule has 0 atom stereocenters. The molecule has 0 aliphatic carbocycles. The van der Waals surface area contributed by atoms with Crippen molar-refractivity contribution in [3.63, 3.8) is 0 Å². The van der Waals surface area contributed by atoms with E-state index < -0.39 is 5.91 Å². The Morgan fingerprint density at radius 1 is 0.533 bits per heavy atom. The lowest BCUT2D eigenvalue weighted by Gasteiger charge is -2.37. The first-order chi connectivity index (χ1) is 14.0. The Balaban J connectivity index is 4.05. The van der Waals surface area contributed by atoms with E-state index in [-0.39, 0.29) is 17.6 Å². The van der Waals surface area contributed by atoms with Crippen LogP contribution in [-0.4, -0.2) is 33.7 Å². The van der Waals surface area contributed by atoms with Crippen molar-refractivity contribution in [2.45, 2.75) is 161 Å². The molecular formula is C26H56N2O2. The van der Waals surface area contributed by atoms with E-state index in [2.05, 4.69) is 52.2 Å². The number of hydrogen-bond acceptors (Lipinski definition) is 4. The van der Waals surface area contributed by atoms with Crippen molar-refractivity contribution in [3.8, 4) is 0 Å². The largest absolute Gasteiger partial charge is 0.352 e. The molecular weight excluding hydrogens is 372 g/mol. The Hall–Kier alpha value is -0.160. The third-order valence-electron chi connectivity index (χ3n) is 6.16. The van der Waals surface area contributed by atoms with Crippen molar-refractivity contribution >= 4 is 0 Å². The minimum atomic E-state index is -1.89. The third-order valence-corrected chi connectivity index (χ3v) is 6.16. The van der Waals surface area contributed by atoms with Gasteiger partial charge in [0.2, 0.25) is 5.91 Å². The fraction of sp³-hybridized carbons (Fsp3) is 1.00. The first-order valence-electron chi connectivity index (χ1n) is 13.0. The lowest BCUT2D eigenvalue weighted by molar-refractivity contribution is -0.197. The Labute approximate surface area is 189 Å². The summed E-state index contributed by atoms with van der Waals surface area (Å²) < 4.78 is 0. The van der Waals surface area contributed by atoms with Crippen LogP contribution in [0.5, 0.6) is 0 Å². The number of aliphatic hydroxyl groups is 2. The highest BCUT2D eigenvalue weighted by atomic mass is 16.5. The maximum atomic E-state index is 10.5. The van der Waals surface area contributed by atoms with Crippen molar-refractivity contribution in [3.05, 3.63) is 0 Å². The average Bonchev–Trinajstić information content (AvgIpc) is 2.64. The van der Waals surface area contributed by atoms with Crippen LogP contribution in [0.25, 0.3) is 0 Å². The molecule has 0 fully saturated rings. The fourth-order valence-corrected chi connectivity index (χ4v) is 4.15. The Bertz CT molecular complexity index is 394. The zero-order valence-corrected chi connectivity index (χ0v) is 21.4. The highest BCUT2D eigenvalue weighted by Gasteiger charge is 2.32. The summed E-state index contributed by atoms with van der Waals surface area (Å²) in [7, 11) is 0. The van der Waals surface area contributed by atoms with Gasteiger partial charge < -0.3 is 15.5 Å². The molecule has 0 radical (unpaired) electrons. The molecule has 0 aliphatic heterocycles. The molecule has 4 N–H and O–H groups in total. The molecule has 4 nitrogen and oxygen atoms in total. The van der Waals surface area contributed by atoms with Gasteiger partial charge in [-0.25, -0.2) is 0 Å². The predicted molar refractivity (Wildman–Crippen MR) is 132 cm³/mol. The van der Waals surface area contributed by atoms with Gasteiger partial charge in [-0.1, -0.05) is 104 Å². The normalized spacial score (nSPS) is 13.2. The summed E-state index contributed by atoms with van der Waals surface area (Å²) in [5.41, 5.74) is -0.387. The van der Waals surface area contributed by atoms with Crippen LogP contribution in [0.2, 0.25) is 0 Å². The number of β-amino-alcohol motifs (C(OH)–C–C–N with tert-alkyl or cyclic N) is 2. The SMILES string of the molecule is CCCCCCCCCC(C)(C)NCC(O)(O)NC(C)(C)CCCCCCCCC. The molecule has 0 unspecified atom stereocenters. The molecule has 0 aromatic carbocycles. The lowest BCUT2D eigenvalue weighted by Crippen LogP contribution is -2.62. The van der Waals surface area contributed by atoms with Crippen molar-refractivity contribution in [2.75, 3.05) is 6.54 Å². The molecule has 0 aromatic rings. The van der Waals surface area contributed by atoms with Crippen LogP contribution in [0, 0.1) is 0 Å². The zero-order chi connectivity index (χ0) is 22.9. The minimum Gasteiger partial charge on any atom is -0.352 e. The van der Waals surface area contributed by atoms with E-state index >= 15 is 0 Å². The zero-order valence-electron chi connectivity index (χ0n) is 21.4. The molecule has 0 heterocycles. The molecule has 0 aliphatic rings. The molecule has 0 bridgehead atoms. The Morgan fingerprint density at radius 2 is 0.900 bits per heavy atom. The summed E-state index contributed by atoms with van der Waals surface area (Å²) in [6, 6.07) is 0. The van der Waals surface area contributed by atoms with Gasteiger partial charge in [-0.2, -0.15) is 0 Å². The quantitative estimate of drug-likeness (QED) is 0.122. The molecule has 0 amide bonds. The van der Waals surface area contributed by atoms with Gasteiger partial charge in [-0.05, 0) is 40.5 Å². The predicted octanol–water partition coefficient (Wildman–Crippen LogP) is 6.64. The van der Waals surface area contributed by atoms with Crippen molar-refractivity contribution in [1.82, 2.24) is 10.6 Å². The Kier molecular flexibility index (Phi) is 16.4.